The highest BCUT2D eigenvalue weighted by Crippen LogP contribution is 2.45. The lowest BCUT2D eigenvalue weighted by molar-refractivity contribution is 0.156. The lowest BCUT2D eigenvalue weighted by Gasteiger charge is -2.38. The molecule has 0 N–H and O–H groups in total. The van der Waals surface area contributed by atoms with Gasteiger partial charge in [0.05, 0.1) is 0 Å². The topological polar surface area (TPSA) is 0 Å². The van der Waals surface area contributed by atoms with Gasteiger partial charge >= 0.3 is 0 Å². The quantitative estimate of drug-likeness (QED) is 0.398. The van der Waals surface area contributed by atoms with Crippen molar-refractivity contribution < 1.29 is 8.78 Å². The van der Waals surface area contributed by atoms with E-state index in [0.717, 1.165) is 49.9 Å². The van der Waals surface area contributed by atoms with Crippen molar-refractivity contribution in [3.8, 4) is 0 Å². The highest BCUT2D eigenvalue weighted by molar-refractivity contribution is 5.34. The first kappa shape index (κ1) is 22.7. The maximum absolute atomic E-state index is 15.1. The summed E-state index contributed by atoms with van der Waals surface area (Å²) in [6.07, 6.45) is 20.5. The summed E-state index contributed by atoms with van der Waals surface area (Å²) >= 11 is 0. The van der Waals surface area contributed by atoms with Crippen molar-refractivity contribution in [2.45, 2.75) is 95.8 Å². The average molecular weight is 427 g/mol. The molecule has 2 fully saturated rings. The van der Waals surface area contributed by atoms with Gasteiger partial charge in [0.25, 0.3) is 0 Å². The first-order valence-electron chi connectivity index (χ1n) is 12.8. The van der Waals surface area contributed by atoms with Crippen LogP contribution in [0.3, 0.4) is 0 Å². The third kappa shape index (κ3) is 5.32. The number of halogens is 2. The Labute approximate surface area is 188 Å². The second-order valence-electron chi connectivity index (χ2n) is 10.7. The third-order valence-electron chi connectivity index (χ3n) is 8.70. The van der Waals surface area contributed by atoms with Gasteiger partial charge in [-0.25, -0.2) is 8.78 Å². The maximum atomic E-state index is 15.1. The molecule has 170 valence electrons. The van der Waals surface area contributed by atoms with Gasteiger partial charge in [-0.15, -0.1) is 6.58 Å². The smallest absolute Gasteiger partial charge is 0.162 e. The number of benzene rings is 1. The lowest BCUT2D eigenvalue weighted by atomic mass is 9.68. The number of rotatable bonds is 6. The molecule has 0 aliphatic heterocycles. The molecule has 1 aromatic rings. The van der Waals surface area contributed by atoms with Gasteiger partial charge in [-0.1, -0.05) is 50.1 Å². The molecule has 0 heterocycles. The van der Waals surface area contributed by atoms with Crippen molar-refractivity contribution in [1.29, 1.82) is 0 Å². The van der Waals surface area contributed by atoms with Crippen molar-refractivity contribution >= 4 is 0 Å². The van der Waals surface area contributed by atoms with Gasteiger partial charge in [-0.05, 0) is 105 Å². The molecule has 2 saturated carbocycles. The molecule has 1 aromatic carbocycles. The van der Waals surface area contributed by atoms with E-state index in [1.54, 1.807) is 0 Å². The van der Waals surface area contributed by atoms with Crippen LogP contribution in [0.4, 0.5) is 8.78 Å². The van der Waals surface area contributed by atoms with Crippen molar-refractivity contribution in [2.24, 2.45) is 23.7 Å². The number of allylic oxidation sites excluding steroid dienone is 3. The molecule has 2 atom stereocenters. The molecular weight excluding hydrogens is 386 g/mol. The summed E-state index contributed by atoms with van der Waals surface area (Å²) in [6.45, 7) is 6.03. The molecule has 0 spiro atoms. The van der Waals surface area contributed by atoms with E-state index in [9.17, 15) is 4.39 Å². The fraction of sp³-hybridized carbons (Fsp3) is 0.655. The standard InChI is InChI=1S/C29H40F2/c1-3-4-5-21-8-12-22(13-9-21)23-14-16-25(17-15-23)27-19-18-26(28(30)29(27)31)24-10-6-20(2)7-11-24/h3,6,10,18-25H,1,4-5,7-9,11-17H2,2H3. The minimum atomic E-state index is -0.596. The van der Waals surface area contributed by atoms with Crippen LogP contribution >= 0.6 is 0 Å². The zero-order valence-electron chi connectivity index (χ0n) is 19.3. The fourth-order valence-electron chi connectivity index (χ4n) is 6.60. The van der Waals surface area contributed by atoms with E-state index in [1.807, 2.05) is 18.2 Å². The van der Waals surface area contributed by atoms with Crippen LogP contribution < -0.4 is 0 Å². The predicted octanol–water partition coefficient (Wildman–Crippen LogP) is 9.08. The molecule has 2 heteroatoms. The monoisotopic (exact) mass is 426 g/mol. The van der Waals surface area contributed by atoms with E-state index in [0.29, 0.717) is 17.0 Å². The molecule has 3 aliphatic carbocycles. The van der Waals surface area contributed by atoms with Crippen molar-refractivity contribution in [1.82, 2.24) is 0 Å². The summed E-state index contributed by atoms with van der Waals surface area (Å²) in [6, 6.07) is 3.77. The van der Waals surface area contributed by atoms with Crippen LogP contribution in [-0.2, 0) is 0 Å². The van der Waals surface area contributed by atoms with Crippen molar-refractivity contribution in [3.05, 3.63) is 59.7 Å². The Balaban J connectivity index is 1.33. The van der Waals surface area contributed by atoms with Crippen LogP contribution in [0.1, 0.15) is 107 Å². The maximum Gasteiger partial charge on any atom is 0.162 e. The Kier molecular flexibility index (Phi) is 7.67. The summed E-state index contributed by atoms with van der Waals surface area (Å²) in [5.41, 5.74) is 1.17. The lowest BCUT2D eigenvalue weighted by Crippen LogP contribution is -2.25. The summed E-state index contributed by atoms with van der Waals surface area (Å²) in [5.74, 6) is 2.12. The molecule has 0 saturated heterocycles. The van der Waals surface area contributed by atoms with Crippen LogP contribution in [0, 0.1) is 35.3 Å². The molecule has 0 bridgehead atoms. The van der Waals surface area contributed by atoms with Crippen molar-refractivity contribution in [3.63, 3.8) is 0 Å². The summed E-state index contributed by atoms with van der Waals surface area (Å²) in [5, 5.41) is 0. The van der Waals surface area contributed by atoms with Crippen LogP contribution in [0.5, 0.6) is 0 Å². The Bertz CT molecular complexity index is 763. The first-order chi connectivity index (χ1) is 15.1. The van der Waals surface area contributed by atoms with Gasteiger partial charge in [-0.2, -0.15) is 0 Å². The zero-order valence-corrected chi connectivity index (χ0v) is 19.3. The largest absolute Gasteiger partial charge is 0.203 e. The Hall–Kier alpha value is -1.44. The Morgan fingerprint density at radius 1 is 0.806 bits per heavy atom. The van der Waals surface area contributed by atoms with Gasteiger partial charge in [0.2, 0.25) is 0 Å². The highest BCUT2D eigenvalue weighted by atomic mass is 19.2. The summed E-state index contributed by atoms with van der Waals surface area (Å²) < 4.78 is 30.0. The van der Waals surface area contributed by atoms with Crippen LogP contribution in [0.15, 0.2) is 36.9 Å². The number of hydrogen-bond donors (Lipinski definition) is 0. The molecule has 31 heavy (non-hydrogen) atoms. The molecule has 0 aromatic heterocycles. The third-order valence-corrected chi connectivity index (χ3v) is 8.70. The van der Waals surface area contributed by atoms with Gasteiger partial charge in [0.15, 0.2) is 11.6 Å². The minimum Gasteiger partial charge on any atom is -0.203 e. The Morgan fingerprint density at radius 2 is 1.42 bits per heavy atom. The molecule has 0 nitrogen and oxygen atoms in total. The molecule has 2 unspecified atom stereocenters. The highest BCUT2D eigenvalue weighted by Gasteiger charge is 2.33. The predicted molar refractivity (Wildman–Crippen MR) is 126 cm³/mol. The van der Waals surface area contributed by atoms with Crippen LogP contribution in [0.25, 0.3) is 0 Å². The molecular formula is C29H40F2. The molecule has 3 aliphatic rings. The van der Waals surface area contributed by atoms with E-state index in [2.05, 4.69) is 25.7 Å². The molecule has 0 radical (unpaired) electrons. The van der Waals surface area contributed by atoms with Crippen molar-refractivity contribution in [2.75, 3.05) is 0 Å². The van der Waals surface area contributed by atoms with Gasteiger partial charge in [0, 0.05) is 5.92 Å². The minimum absolute atomic E-state index is 0.0251. The van der Waals surface area contributed by atoms with Gasteiger partial charge < -0.3 is 0 Å². The second-order valence-corrected chi connectivity index (χ2v) is 10.7. The van der Waals surface area contributed by atoms with E-state index in [-0.39, 0.29) is 11.8 Å². The van der Waals surface area contributed by atoms with E-state index in [4.69, 9.17) is 0 Å². The molecule has 4 rings (SSSR count). The number of hydrogen-bond acceptors (Lipinski definition) is 0. The summed E-state index contributed by atoms with van der Waals surface area (Å²) in [7, 11) is 0. The van der Waals surface area contributed by atoms with Crippen LogP contribution in [0.2, 0.25) is 0 Å². The summed E-state index contributed by atoms with van der Waals surface area (Å²) in [4.78, 5) is 0. The SMILES string of the molecule is C=CCCC1CCC(C2CCC(c3ccc(C4C=CC(C)CC4)c(F)c3F)CC2)CC1. The van der Waals surface area contributed by atoms with E-state index in [1.165, 1.54) is 44.9 Å². The fourth-order valence-corrected chi connectivity index (χ4v) is 6.60. The zero-order chi connectivity index (χ0) is 21.8. The normalized spacial score (nSPS) is 33.9. The second kappa shape index (κ2) is 10.5. The molecule has 0 amide bonds. The van der Waals surface area contributed by atoms with E-state index < -0.39 is 11.6 Å². The first-order valence-corrected chi connectivity index (χ1v) is 12.8. The van der Waals surface area contributed by atoms with Crippen LogP contribution in [-0.4, -0.2) is 0 Å². The van der Waals surface area contributed by atoms with E-state index >= 15 is 4.39 Å². The Morgan fingerprint density at radius 3 is 2.03 bits per heavy atom. The average Bonchev–Trinajstić information content (AvgIpc) is 2.81. The van der Waals surface area contributed by atoms with Gasteiger partial charge in [0.1, 0.15) is 0 Å². The van der Waals surface area contributed by atoms with Gasteiger partial charge in [-0.3, -0.25) is 0 Å².